The number of ether oxygens (including phenoxy) is 2. The SMILES string of the molecule is CC1=Cc2c(OC3CCCC3)cccc2C(C[N+](=O)[O-])O1. The quantitative estimate of drug-likeness (QED) is 0.626. The molecular formula is C16H19NO4. The van der Waals surface area contributed by atoms with Crippen LogP contribution in [-0.2, 0) is 4.74 Å². The van der Waals surface area contributed by atoms with E-state index in [0.717, 1.165) is 29.7 Å². The van der Waals surface area contributed by atoms with Crippen molar-refractivity contribution < 1.29 is 14.4 Å². The summed E-state index contributed by atoms with van der Waals surface area (Å²) < 4.78 is 11.7. The van der Waals surface area contributed by atoms with Crippen LogP contribution in [0.1, 0.15) is 49.8 Å². The van der Waals surface area contributed by atoms with Crippen molar-refractivity contribution in [3.05, 3.63) is 45.2 Å². The number of fused-ring (bicyclic) bond motifs is 1. The Hall–Kier alpha value is -2.04. The normalized spacial score (nSPS) is 21.4. The Balaban J connectivity index is 1.91. The highest BCUT2D eigenvalue weighted by molar-refractivity contribution is 5.64. The third-order valence-electron chi connectivity index (χ3n) is 4.03. The topological polar surface area (TPSA) is 61.6 Å². The van der Waals surface area contributed by atoms with Gasteiger partial charge in [-0.25, -0.2) is 0 Å². The van der Waals surface area contributed by atoms with Crippen molar-refractivity contribution in [2.24, 2.45) is 0 Å². The van der Waals surface area contributed by atoms with Crippen LogP contribution in [0.4, 0.5) is 0 Å². The van der Waals surface area contributed by atoms with Crippen molar-refractivity contribution in [1.82, 2.24) is 0 Å². The summed E-state index contributed by atoms with van der Waals surface area (Å²) in [6, 6.07) is 5.71. The molecule has 1 atom stereocenters. The molecule has 1 saturated carbocycles. The fourth-order valence-electron chi connectivity index (χ4n) is 3.08. The predicted octanol–water partition coefficient (Wildman–Crippen LogP) is 3.72. The van der Waals surface area contributed by atoms with E-state index >= 15 is 0 Å². The van der Waals surface area contributed by atoms with E-state index < -0.39 is 6.10 Å². The average molecular weight is 289 g/mol. The van der Waals surface area contributed by atoms with Crippen molar-refractivity contribution in [2.75, 3.05) is 6.54 Å². The van der Waals surface area contributed by atoms with E-state index in [0.29, 0.717) is 5.76 Å². The molecule has 0 N–H and O–H groups in total. The molecule has 1 aliphatic carbocycles. The highest BCUT2D eigenvalue weighted by Crippen LogP contribution is 2.37. The van der Waals surface area contributed by atoms with Crippen LogP contribution in [0.15, 0.2) is 24.0 Å². The number of hydrogen-bond donors (Lipinski definition) is 0. The van der Waals surface area contributed by atoms with Crippen molar-refractivity contribution in [2.45, 2.75) is 44.8 Å². The van der Waals surface area contributed by atoms with Crippen molar-refractivity contribution in [1.29, 1.82) is 0 Å². The molecule has 5 nitrogen and oxygen atoms in total. The Kier molecular flexibility index (Phi) is 3.82. The molecule has 2 aliphatic rings. The third-order valence-corrected chi connectivity index (χ3v) is 4.03. The van der Waals surface area contributed by atoms with Gasteiger partial charge < -0.3 is 9.47 Å². The summed E-state index contributed by atoms with van der Waals surface area (Å²) >= 11 is 0. The summed E-state index contributed by atoms with van der Waals surface area (Å²) in [7, 11) is 0. The summed E-state index contributed by atoms with van der Waals surface area (Å²) in [5.41, 5.74) is 1.77. The van der Waals surface area contributed by atoms with E-state index in [1.54, 1.807) is 0 Å². The summed E-state index contributed by atoms with van der Waals surface area (Å²) in [6.07, 6.45) is 6.23. The lowest BCUT2D eigenvalue weighted by molar-refractivity contribution is -0.491. The maximum atomic E-state index is 10.8. The molecule has 5 heteroatoms. The number of hydrogen-bond acceptors (Lipinski definition) is 4. The number of nitrogens with zero attached hydrogens (tertiary/aromatic N) is 1. The lowest BCUT2D eigenvalue weighted by atomic mass is 9.98. The first-order valence-corrected chi connectivity index (χ1v) is 7.40. The first-order chi connectivity index (χ1) is 10.1. The van der Waals surface area contributed by atoms with Gasteiger partial charge in [0, 0.05) is 16.1 Å². The first kappa shape index (κ1) is 13.9. The number of benzene rings is 1. The lowest BCUT2D eigenvalue weighted by Crippen LogP contribution is -2.20. The van der Waals surface area contributed by atoms with Gasteiger partial charge in [-0.3, -0.25) is 10.1 Å². The Morgan fingerprint density at radius 1 is 1.38 bits per heavy atom. The molecule has 0 aromatic heterocycles. The predicted molar refractivity (Wildman–Crippen MR) is 78.7 cm³/mol. The van der Waals surface area contributed by atoms with Crippen LogP contribution in [-0.4, -0.2) is 17.6 Å². The fourth-order valence-corrected chi connectivity index (χ4v) is 3.08. The van der Waals surface area contributed by atoms with Crippen LogP contribution < -0.4 is 4.74 Å². The van der Waals surface area contributed by atoms with Gasteiger partial charge >= 0.3 is 0 Å². The zero-order chi connectivity index (χ0) is 14.8. The summed E-state index contributed by atoms with van der Waals surface area (Å²) in [5.74, 6) is 1.51. The zero-order valence-corrected chi connectivity index (χ0v) is 12.1. The highest BCUT2D eigenvalue weighted by atomic mass is 16.6. The largest absolute Gasteiger partial charge is 0.490 e. The molecule has 1 heterocycles. The van der Waals surface area contributed by atoms with E-state index in [1.165, 1.54) is 12.8 Å². The first-order valence-electron chi connectivity index (χ1n) is 7.40. The average Bonchev–Trinajstić information content (AvgIpc) is 2.92. The van der Waals surface area contributed by atoms with Gasteiger partial charge in [-0.15, -0.1) is 0 Å². The van der Waals surface area contributed by atoms with Crippen LogP contribution >= 0.6 is 0 Å². The van der Waals surface area contributed by atoms with Gasteiger partial charge in [0.1, 0.15) is 5.75 Å². The van der Waals surface area contributed by atoms with Gasteiger partial charge in [0.15, 0.2) is 6.10 Å². The van der Waals surface area contributed by atoms with Gasteiger partial charge in [-0.05, 0) is 44.7 Å². The van der Waals surface area contributed by atoms with E-state index in [1.807, 2.05) is 31.2 Å². The second kappa shape index (κ2) is 5.76. The monoisotopic (exact) mass is 289 g/mol. The Bertz CT molecular complexity index is 576. The standard InChI is InChI=1S/C16H19NO4/c1-11-9-14-13(16(20-11)10-17(18)19)7-4-8-15(14)21-12-5-2-3-6-12/h4,7-9,12,16H,2-3,5-6,10H2,1H3. The number of rotatable bonds is 4. The molecule has 0 amide bonds. The molecule has 3 rings (SSSR count). The molecule has 0 saturated heterocycles. The van der Waals surface area contributed by atoms with Gasteiger partial charge in [0.2, 0.25) is 6.54 Å². The summed E-state index contributed by atoms with van der Waals surface area (Å²) in [6.45, 7) is 1.59. The molecule has 21 heavy (non-hydrogen) atoms. The number of nitro groups is 1. The van der Waals surface area contributed by atoms with E-state index in [-0.39, 0.29) is 17.6 Å². The second-order valence-corrected chi connectivity index (χ2v) is 5.66. The van der Waals surface area contributed by atoms with Gasteiger partial charge in [-0.2, -0.15) is 0 Å². The van der Waals surface area contributed by atoms with Crippen molar-refractivity contribution in [3.63, 3.8) is 0 Å². The summed E-state index contributed by atoms with van der Waals surface area (Å²) in [5, 5.41) is 10.8. The maximum Gasteiger partial charge on any atom is 0.244 e. The molecule has 1 fully saturated rings. The molecule has 0 spiro atoms. The van der Waals surface area contributed by atoms with Crippen LogP contribution in [0.25, 0.3) is 6.08 Å². The van der Waals surface area contributed by atoms with Crippen molar-refractivity contribution >= 4 is 6.08 Å². The molecule has 1 aliphatic heterocycles. The third kappa shape index (κ3) is 3.01. The molecule has 0 radical (unpaired) electrons. The molecule has 112 valence electrons. The minimum absolute atomic E-state index is 0.231. The Morgan fingerprint density at radius 2 is 2.14 bits per heavy atom. The minimum Gasteiger partial charge on any atom is -0.490 e. The smallest absolute Gasteiger partial charge is 0.244 e. The molecule has 0 bridgehead atoms. The van der Waals surface area contributed by atoms with Crippen LogP contribution in [0.5, 0.6) is 5.75 Å². The van der Waals surface area contributed by atoms with Crippen molar-refractivity contribution in [3.8, 4) is 5.75 Å². The van der Waals surface area contributed by atoms with Crippen LogP contribution in [0, 0.1) is 10.1 Å². The Morgan fingerprint density at radius 3 is 2.86 bits per heavy atom. The zero-order valence-electron chi connectivity index (χ0n) is 12.1. The molecule has 1 aromatic rings. The lowest BCUT2D eigenvalue weighted by Gasteiger charge is -2.25. The Labute approximate surface area is 123 Å². The fraction of sp³-hybridized carbons (Fsp3) is 0.500. The summed E-state index contributed by atoms with van der Waals surface area (Å²) in [4.78, 5) is 10.5. The highest BCUT2D eigenvalue weighted by Gasteiger charge is 2.28. The van der Waals surface area contributed by atoms with Gasteiger partial charge in [0.05, 0.1) is 11.9 Å². The van der Waals surface area contributed by atoms with Gasteiger partial charge in [0.25, 0.3) is 0 Å². The maximum absolute atomic E-state index is 10.8. The van der Waals surface area contributed by atoms with Crippen LogP contribution in [0.3, 0.4) is 0 Å². The molecule has 1 unspecified atom stereocenters. The van der Waals surface area contributed by atoms with E-state index in [4.69, 9.17) is 9.47 Å². The minimum atomic E-state index is -0.535. The van der Waals surface area contributed by atoms with Gasteiger partial charge in [-0.1, -0.05) is 12.1 Å². The molecule has 1 aromatic carbocycles. The van der Waals surface area contributed by atoms with E-state index in [9.17, 15) is 10.1 Å². The molecular weight excluding hydrogens is 270 g/mol. The van der Waals surface area contributed by atoms with E-state index in [2.05, 4.69) is 0 Å². The number of allylic oxidation sites excluding steroid dienone is 1. The van der Waals surface area contributed by atoms with Crippen LogP contribution in [0.2, 0.25) is 0 Å². The second-order valence-electron chi connectivity index (χ2n) is 5.66.